The van der Waals surface area contributed by atoms with Gasteiger partial charge in [-0.05, 0) is 38.9 Å². The Kier molecular flexibility index (Phi) is 2.36. The third kappa shape index (κ3) is 1.59. The zero-order valence-electron chi connectivity index (χ0n) is 9.48. The van der Waals surface area contributed by atoms with Crippen molar-refractivity contribution in [3.8, 4) is 0 Å². The molecule has 2 aromatic heterocycles. The number of hydrogen-bond acceptors (Lipinski definition) is 3. The van der Waals surface area contributed by atoms with Crippen LogP contribution in [0.4, 0.5) is 0 Å². The third-order valence-corrected chi connectivity index (χ3v) is 3.39. The fourth-order valence-electron chi connectivity index (χ4n) is 2.38. The van der Waals surface area contributed by atoms with Crippen LogP contribution < -0.4 is 5.32 Å². The first-order valence-electron chi connectivity index (χ1n) is 5.85. The average molecular weight is 216 g/mol. The van der Waals surface area contributed by atoms with E-state index in [1.54, 1.807) is 0 Å². The van der Waals surface area contributed by atoms with Crippen LogP contribution in [-0.4, -0.2) is 27.5 Å². The first-order valence-corrected chi connectivity index (χ1v) is 5.85. The fourth-order valence-corrected chi connectivity index (χ4v) is 2.38. The van der Waals surface area contributed by atoms with Crippen molar-refractivity contribution in [2.45, 2.75) is 25.7 Å². The third-order valence-electron chi connectivity index (χ3n) is 3.39. The minimum atomic E-state index is 0.612. The van der Waals surface area contributed by atoms with E-state index in [2.05, 4.69) is 21.4 Å². The number of fused-ring (bicyclic) bond motifs is 1. The SMILES string of the molecule is Cc1ncc2cc(C3CCNCC3)ncn12. The molecule has 3 rings (SSSR count). The van der Waals surface area contributed by atoms with Crippen LogP contribution in [0.5, 0.6) is 0 Å². The Labute approximate surface area is 94.7 Å². The molecule has 1 saturated heterocycles. The van der Waals surface area contributed by atoms with Crippen molar-refractivity contribution in [2.24, 2.45) is 0 Å². The summed E-state index contributed by atoms with van der Waals surface area (Å²) >= 11 is 0. The summed E-state index contributed by atoms with van der Waals surface area (Å²) in [5, 5.41) is 3.38. The molecular weight excluding hydrogens is 200 g/mol. The van der Waals surface area contributed by atoms with Crippen LogP contribution >= 0.6 is 0 Å². The van der Waals surface area contributed by atoms with E-state index in [0.29, 0.717) is 5.92 Å². The lowest BCUT2D eigenvalue weighted by Crippen LogP contribution is -2.27. The summed E-state index contributed by atoms with van der Waals surface area (Å²) in [7, 11) is 0. The molecule has 1 fully saturated rings. The molecule has 2 aromatic rings. The zero-order valence-corrected chi connectivity index (χ0v) is 9.48. The molecule has 16 heavy (non-hydrogen) atoms. The minimum Gasteiger partial charge on any atom is -0.317 e. The van der Waals surface area contributed by atoms with Crippen molar-refractivity contribution in [1.82, 2.24) is 19.7 Å². The Morgan fingerprint density at radius 3 is 2.94 bits per heavy atom. The molecule has 84 valence electrons. The summed E-state index contributed by atoms with van der Waals surface area (Å²) in [6.07, 6.45) is 6.20. The van der Waals surface area contributed by atoms with Gasteiger partial charge >= 0.3 is 0 Å². The Morgan fingerprint density at radius 1 is 1.31 bits per heavy atom. The van der Waals surface area contributed by atoms with E-state index in [9.17, 15) is 0 Å². The molecule has 0 radical (unpaired) electrons. The quantitative estimate of drug-likeness (QED) is 0.785. The van der Waals surface area contributed by atoms with Crippen LogP contribution in [0.3, 0.4) is 0 Å². The molecule has 4 nitrogen and oxygen atoms in total. The van der Waals surface area contributed by atoms with Gasteiger partial charge in [-0.25, -0.2) is 9.97 Å². The predicted octanol–water partition coefficient (Wildman–Crippen LogP) is 1.50. The zero-order chi connectivity index (χ0) is 11.0. The van der Waals surface area contributed by atoms with Gasteiger partial charge in [-0.2, -0.15) is 0 Å². The molecule has 0 unspecified atom stereocenters. The summed E-state index contributed by atoms with van der Waals surface area (Å²) in [6, 6.07) is 2.18. The molecular formula is C12H16N4. The topological polar surface area (TPSA) is 42.2 Å². The van der Waals surface area contributed by atoms with E-state index >= 15 is 0 Å². The number of nitrogens with one attached hydrogen (secondary N) is 1. The highest BCUT2D eigenvalue weighted by molar-refractivity contribution is 5.46. The van der Waals surface area contributed by atoms with Gasteiger partial charge in [-0.1, -0.05) is 0 Å². The number of hydrogen-bond donors (Lipinski definition) is 1. The monoisotopic (exact) mass is 216 g/mol. The van der Waals surface area contributed by atoms with Crippen LogP contribution in [0.15, 0.2) is 18.6 Å². The van der Waals surface area contributed by atoms with Gasteiger partial charge in [0.2, 0.25) is 0 Å². The van der Waals surface area contributed by atoms with Crippen molar-refractivity contribution in [3.63, 3.8) is 0 Å². The van der Waals surface area contributed by atoms with Crippen LogP contribution in [0, 0.1) is 6.92 Å². The lowest BCUT2D eigenvalue weighted by molar-refractivity contribution is 0.453. The maximum Gasteiger partial charge on any atom is 0.111 e. The maximum absolute atomic E-state index is 4.56. The van der Waals surface area contributed by atoms with Gasteiger partial charge in [0, 0.05) is 11.6 Å². The van der Waals surface area contributed by atoms with Gasteiger partial charge in [0.15, 0.2) is 0 Å². The summed E-state index contributed by atoms with van der Waals surface area (Å²) in [5.74, 6) is 1.61. The van der Waals surface area contributed by atoms with Crippen molar-refractivity contribution >= 4 is 5.52 Å². The van der Waals surface area contributed by atoms with Crippen molar-refractivity contribution in [3.05, 3.63) is 30.1 Å². The average Bonchev–Trinajstić information content (AvgIpc) is 2.72. The lowest BCUT2D eigenvalue weighted by Gasteiger charge is -2.22. The van der Waals surface area contributed by atoms with Crippen LogP contribution in [0.2, 0.25) is 0 Å². The maximum atomic E-state index is 4.56. The predicted molar refractivity (Wildman–Crippen MR) is 62.6 cm³/mol. The number of imidazole rings is 1. The molecule has 0 amide bonds. The molecule has 1 aliphatic heterocycles. The van der Waals surface area contributed by atoms with Crippen LogP contribution in [-0.2, 0) is 0 Å². The second-order valence-electron chi connectivity index (χ2n) is 4.44. The van der Waals surface area contributed by atoms with Crippen LogP contribution in [0.1, 0.15) is 30.3 Å². The smallest absolute Gasteiger partial charge is 0.111 e. The summed E-state index contributed by atoms with van der Waals surface area (Å²) in [6.45, 7) is 4.21. The summed E-state index contributed by atoms with van der Waals surface area (Å²) in [5.41, 5.74) is 2.37. The molecule has 0 aliphatic carbocycles. The highest BCUT2D eigenvalue weighted by atomic mass is 15.0. The Bertz CT molecular complexity index is 497. The second-order valence-corrected chi connectivity index (χ2v) is 4.44. The lowest BCUT2D eigenvalue weighted by atomic mass is 9.94. The number of piperidine rings is 1. The van der Waals surface area contributed by atoms with Crippen molar-refractivity contribution < 1.29 is 0 Å². The van der Waals surface area contributed by atoms with E-state index < -0.39 is 0 Å². The summed E-state index contributed by atoms with van der Waals surface area (Å²) < 4.78 is 2.03. The number of aromatic nitrogens is 3. The highest BCUT2D eigenvalue weighted by Crippen LogP contribution is 2.24. The van der Waals surface area contributed by atoms with Gasteiger partial charge in [-0.3, -0.25) is 4.40 Å². The Hall–Kier alpha value is -1.42. The minimum absolute atomic E-state index is 0.612. The van der Waals surface area contributed by atoms with Gasteiger partial charge < -0.3 is 5.32 Å². The Morgan fingerprint density at radius 2 is 2.12 bits per heavy atom. The molecule has 0 aromatic carbocycles. The molecule has 0 spiro atoms. The molecule has 1 N–H and O–H groups in total. The molecule has 1 aliphatic rings. The van der Waals surface area contributed by atoms with E-state index in [1.807, 2.05) is 23.8 Å². The van der Waals surface area contributed by atoms with Gasteiger partial charge in [0.25, 0.3) is 0 Å². The standard InChI is InChI=1S/C12H16N4/c1-9-14-7-11-6-12(15-8-16(9)11)10-2-4-13-5-3-10/h6-8,10,13H,2-5H2,1H3. The van der Waals surface area contributed by atoms with Gasteiger partial charge in [-0.15, -0.1) is 0 Å². The number of nitrogens with zero attached hydrogens (tertiary/aromatic N) is 3. The van der Waals surface area contributed by atoms with Gasteiger partial charge in [0.05, 0.1) is 11.7 Å². The normalized spacial score (nSPS) is 18.1. The van der Waals surface area contributed by atoms with E-state index in [0.717, 1.165) is 24.4 Å². The first kappa shape index (κ1) is 9.78. The molecule has 4 heteroatoms. The van der Waals surface area contributed by atoms with E-state index in [-0.39, 0.29) is 0 Å². The Balaban J connectivity index is 1.97. The van der Waals surface area contributed by atoms with Crippen molar-refractivity contribution in [1.29, 1.82) is 0 Å². The number of aryl methyl sites for hydroxylation is 1. The van der Waals surface area contributed by atoms with E-state index in [1.165, 1.54) is 18.5 Å². The van der Waals surface area contributed by atoms with E-state index in [4.69, 9.17) is 0 Å². The largest absolute Gasteiger partial charge is 0.317 e. The highest BCUT2D eigenvalue weighted by Gasteiger charge is 2.16. The second kappa shape index (κ2) is 3.87. The van der Waals surface area contributed by atoms with Crippen LogP contribution in [0.25, 0.3) is 5.52 Å². The van der Waals surface area contributed by atoms with Crippen molar-refractivity contribution in [2.75, 3.05) is 13.1 Å². The molecule has 3 heterocycles. The molecule has 0 bridgehead atoms. The molecule has 0 atom stereocenters. The fraction of sp³-hybridized carbons (Fsp3) is 0.500. The summed E-state index contributed by atoms with van der Waals surface area (Å²) in [4.78, 5) is 8.85. The molecule has 0 saturated carbocycles. The number of rotatable bonds is 1. The first-order chi connectivity index (χ1) is 7.84. The van der Waals surface area contributed by atoms with Gasteiger partial charge in [0.1, 0.15) is 12.2 Å².